The third-order valence-corrected chi connectivity index (χ3v) is 4.72. The maximum atomic E-state index is 13.3. The fourth-order valence-electron chi connectivity index (χ4n) is 2.44. The Hall–Kier alpha value is -3.07. The highest BCUT2D eigenvalue weighted by Crippen LogP contribution is 2.41. The lowest BCUT2D eigenvalue weighted by Gasteiger charge is -2.07. The van der Waals surface area contributed by atoms with Crippen molar-refractivity contribution in [3.63, 3.8) is 0 Å². The Kier molecular flexibility index (Phi) is 5.84. The van der Waals surface area contributed by atoms with E-state index < -0.39 is 11.9 Å². The summed E-state index contributed by atoms with van der Waals surface area (Å²) in [6.45, 7) is 0. The number of hydrogen-bond donors (Lipinski definition) is 1. The molecule has 0 unspecified atom stereocenters. The fourth-order valence-corrected chi connectivity index (χ4v) is 3.38. The molecule has 3 aromatic rings. The predicted molar refractivity (Wildman–Crippen MR) is 103 cm³/mol. The number of hydrogen-bond acceptors (Lipinski definition) is 6. The summed E-state index contributed by atoms with van der Waals surface area (Å²) >= 11 is 0.888. The van der Waals surface area contributed by atoms with Gasteiger partial charge in [0.1, 0.15) is 0 Å². The molecule has 0 aliphatic carbocycles. The van der Waals surface area contributed by atoms with Crippen molar-refractivity contribution in [3.8, 4) is 21.9 Å². The first-order chi connectivity index (χ1) is 13.4. The van der Waals surface area contributed by atoms with E-state index in [2.05, 4.69) is 15.5 Å². The molecule has 2 aromatic carbocycles. The van der Waals surface area contributed by atoms with E-state index in [9.17, 15) is 13.2 Å². The standard InChI is InChI=1S/C19H16F3N3O2S/c1-26-14-9-8-12(10-15(14)27-2)11-23-25-18-24-17(19(20,21)22)16(28-18)13-6-4-3-5-7-13/h3-11H,1-2H3,(H,24,25)/b23-11-. The number of ether oxygens (including phenoxy) is 2. The molecule has 0 saturated carbocycles. The third kappa shape index (κ3) is 4.42. The second-order valence-electron chi connectivity index (χ2n) is 5.54. The van der Waals surface area contributed by atoms with E-state index in [4.69, 9.17) is 9.47 Å². The molecule has 0 spiro atoms. The SMILES string of the molecule is COc1ccc(/C=N\Nc2nc(C(F)(F)F)c(-c3ccccc3)s2)cc1OC. The molecule has 0 atom stereocenters. The Morgan fingerprint density at radius 1 is 1.04 bits per heavy atom. The molecule has 146 valence electrons. The lowest BCUT2D eigenvalue weighted by molar-refractivity contribution is -0.140. The molecule has 0 radical (unpaired) electrons. The van der Waals surface area contributed by atoms with Crippen molar-refractivity contribution in [2.24, 2.45) is 5.10 Å². The van der Waals surface area contributed by atoms with Crippen LogP contribution in [0.1, 0.15) is 11.3 Å². The molecule has 0 aliphatic heterocycles. The van der Waals surface area contributed by atoms with Gasteiger partial charge in [-0.05, 0) is 29.3 Å². The molecule has 1 N–H and O–H groups in total. The van der Waals surface area contributed by atoms with E-state index in [1.165, 1.54) is 20.4 Å². The summed E-state index contributed by atoms with van der Waals surface area (Å²) in [5.74, 6) is 1.08. The topological polar surface area (TPSA) is 55.7 Å². The van der Waals surface area contributed by atoms with Gasteiger partial charge in [-0.3, -0.25) is 5.43 Å². The smallest absolute Gasteiger partial charge is 0.434 e. The van der Waals surface area contributed by atoms with Crippen LogP contribution in [0.3, 0.4) is 0 Å². The van der Waals surface area contributed by atoms with Gasteiger partial charge >= 0.3 is 6.18 Å². The van der Waals surface area contributed by atoms with Crippen molar-refractivity contribution in [2.45, 2.75) is 6.18 Å². The van der Waals surface area contributed by atoms with Crippen LogP contribution in [-0.2, 0) is 6.18 Å². The monoisotopic (exact) mass is 407 g/mol. The predicted octanol–water partition coefficient (Wildman–Crippen LogP) is 5.29. The van der Waals surface area contributed by atoms with Crippen LogP contribution in [0.25, 0.3) is 10.4 Å². The van der Waals surface area contributed by atoms with Crippen molar-refractivity contribution in [3.05, 3.63) is 59.8 Å². The summed E-state index contributed by atoms with van der Waals surface area (Å²) < 4.78 is 50.4. The number of benzene rings is 2. The minimum absolute atomic E-state index is 0.0388. The van der Waals surface area contributed by atoms with Crippen molar-refractivity contribution < 1.29 is 22.6 Å². The first kappa shape index (κ1) is 19.7. The van der Waals surface area contributed by atoms with E-state index in [-0.39, 0.29) is 10.0 Å². The Morgan fingerprint density at radius 2 is 1.75 bits per heavy atom. The highest BCUT2D eigenvalue weighted by atomic mass is 32.1. The summed E-state index contributed by atoms with van der Waals surface area (Å²) in [5, 5.41) is 4.03. The van der Waals surface area contributed by atoms with E-state index in [1.807, 2.05) is 0 Å². The van der Waals surface area contributed by atoms with E-state index in [0.29, 0.717) is 22.6 Å². The lowest BCUT2D eigenvalue weighted by atomic mass is 10.1. The summed E-state index contributed by atoms with van der Waals surface area (Å²) in [7, 11) is 3.04. The van der Waals surface area contributed by atoms with Gasteiger partial charge in [0.25, 0.3) is 0 Å². The van der Waals surface area contributed by atoms with Crippen molar-refractivity contribution in [2.75, 3.05) is 19.6 Å². The molecular weight excluding hydrogens is 391 g/mol. The zero-order chi connectivity index (χ0) is 20.1. The number of aromatic nitrogens is 1. The number of nitrogens with one attached hydrogen (secondary N) is 1. The number of rotatable bonds is 6. The van der Waals surface area contributed by atoms with Crippen LogP contribution in [0.5, 0.6) is 11.5 Å². The second kappa shape index (κ2) is 8.30. The Balaban J connectivity index is 1.83. The van der Waals surface area contributed by atoms with Crippen LogP contribution in [0.4, 0.5) is 18.3 Å². The molecule has 0 saturated heterocycles. The molecule has 5 nitrogen and oxygen atoms in total. The molecule has 0 fully saturated rings. The normalized spacial score (nSPS) is 11.6. The van der Waals surface area contributed by atoms with Crippen molar-refractivity contribution >= 4 is 22.7 Å². The molecule has 1 aromatic heterocycles. The average Bonchev–Trinajstić information content (AvgIpc) is 3.13. The fraction of sp³-hybridized carbons (Fsp3) is 0.158. The molecule has 9 heteroatoms. The summed E-state index contributed by atoms with van der Waals surface area (Å²) in [4.78, 5) is 3.71. The number of hydrazone groups is 1. The van der Waals surface area contributed by atoms with Gasteiger partial charge in [-0.25, -0.2) is 4.98 Å². The van der Waals surface area contributed by atoms with Crippen molar-refractivity contribution in [1.82, 2.24) is 4.98 Å². The second-order valence-corrected chi connectivity index (χ2v) is 6.54. The van der Waals surface area contributed by atoms with Crippen LogP contribution < -0.4 is 14.9 Å². The number of halogens is 3. The average molecular weight is 407 g/mol. The molecule has 28 heavy (non-hydrogen) atoms. The van der Waals surface area contributed by atoms with Gasteiger partial charge in [0.15, 0.2) is 17.2 Å². The summed E-state index contributed by atoms with van der Waals surface area (Å²) in [6.07, 6.45) is -3.10. The van der Waals surface area contributed by atoms with Crippen LogP contribution in [0.2, 0.25) is 0 Å². The Labute approximate surface area is 163 Å². The van der Waals surface area contributed by atoms with E-state index in [0.717, 1.165) is 11.3 Å². The maximum Gasteiger partial charge on any atom is 0.434 e. The van der Waals surface area contributed by atoms with Gasteiger partial charge in [0.05, 0.1) is 25.3 Å². The minimum Gasteiger partial charge on any atom is -0.493 e. The number of thiazole rings is 1. The van der Waals surface area contributed by atoms with Crippen LogP contribution in [0.15, 0.2) is 53.6 Å². The molecular formula is C19H16F3N3O2S. The first-order valence-electron chi connectivity index (χ1n) is 8.07. The van der Waals surface area contributed by atoms with Crippen molar-refractivity contribution in [1.29, 1.82) is 0 Å². The molecule has 0 bridgehead atoms. The van der Waals surface area contributed by atoms with Crippen LogP contribution >= 0.6 is 11.3 Å². The first-order valence-corrected chi connectivity index (χ1v) is 8.88. The minimum atomic E-state index is -4.56. The Morgan fingerprint density at radius 3 is 2.39 bits per heavy atom. The number of methoxy groups -OCH3 is 2. The number of nitrogens with zero attached hydrogens (tertiary/aromatic N) is 2. The van der Waals surface area contributed by atoms with E-state index >= 15 is 0 Å². The molecule has 1 heterocycles. The Bertz CT molecular complexity index is 972. The highest BCUT2D eigenvalue weighted by molar-refractivity contribution is 7.19. The van der Waals surface area contributed by atoms with Gasteiger partial charge in [0.2, 0.25) is 5.13 Å². The zero-order valence-electron chi connectivity index (χ0n) is 14.9. The molecule has 3 rings (SSSR count). The number of anilines is 1. The number of alkyl halides is 3. The van der Waals surface area contributed by atoms with Gasteiger partial charge in [-0.1, -0.05) is 41.7 Å². The van der Waals surface area contributed by atoms with Gasteiger partial charge < -0.3 is 9.47 Å². The quantitative estimate of drug-likeness (QED) is 0.446. The molecule has 0 aliphatic rings. The largest absolute Gasteiger partial charge is 0.493 e. The highest BCUT2D eigenvalue weighted by Gasteiger charge is 2.38. The molecule has 0 amide bonds. The van der Waals surface area contributed by atoms with Gasteiger partial charge in [-0.2, -0.15) is 18.3 Å². The summed E-state index contributed by atoms with van der Waals surface area (Å²) in [5.41, 5.74) is 2.76. The van der Waals surface area contributed by atoms with Crippen LogP contribution in [0, 0.1) is 0 Å². The van der Waals surface area contributed by atoms with Gasteiger partial charge in [-0.15, -0.1) is 0 Å². The van der Waals surface area contributed by atoms with Gasteiger partial charge in [0, 0.05) is 0 Å². The van der Waals surface area contributed by atoms with E-state index in [1.54, 1.807) is 48.5 Å². The third-order valence-electron chi connectivity index (χ3n) is 3.71. The van der Waals surface area contributed by atoms with Crippen LogP contribution in [-0.4, -0.2) is 25.4 Å². The zero-order valence-corrected chi connectivity index (χ0v) is 15.8. The maximum absolute atomic E-state index is 13.3. The summed E-state index contributed by atoms with van der Waals surface area (Å²) in [6, 6.07) is 13.5. The lowest BCUT2D eigenvalue weighted by Crippen LogP contribution is -2.07.